The highest BCUT2D eigenvalue weighted by Crippen LogP contribution is 2.54. The summed E-state index contributed by atoms with van der Waals surface area (Å²) in [4.78, 5) is 10.6. The first kappa shape index (κ1) is 34.4. The highest BCUT2D eigenvalue weighted by molar-refractivity contribution is 6.15. The van der Waals surface area contributed by atoms with Gasteiger partial charge in [-0.2, -0.15) is 0 Å². The van der Waals surface area contributed by atoms with Crippen LogP contribution in [0.5, 0.6) is 0 Å². The van der Waals surface area contributed by atoms with Crippen LogP contribution >= 0.6 is 0 Å². The Morgan fingerprint density at radius 3 is 1.92 bits per heavy atom. The first-order valence-electron chi connectivity index (χ1n) is 20.6. The fourth-order valence-corrected chi connectivity index (χ4v) is 9.63. The van der Waals surface area contributed by atoms with Gasteiger partial charge in [-0.15, -0.1) is 0 Å². The van der Waals surface area contributed by atoms with Crippen LogP contribution in [-0.2, 0) is 5.41 Å². The average molecular weight is 767 g/mol. The van der Waals surface area contributed by atoms with Gasteiger partial charge < -0.3 is 4.42 Å². The second-order valence-corrected chi connectivity index (χ2v) is 16.5. The predicted molar refractivity (Wildman–Crippen MR) is 249 cm³/mol. The van der Waals surface area contributed by atoms with Gasteiger partial charge in [-0.3, -0.25) is 0 Å². The topological polar surface area (TPSA) is 38.9 Å². The van der Waals surface area contributed by atoms with Crippen LogP contribution in [0.2, 0.25) is 0 Å². The molecule has 0 amide bonds. The minimum Gasteiger partial charge on any atom is -0.455 e. The largest absolute Gasteiger partial charge is 0.455 e. The van der Waals surface area contributed by atoms with Crippen LogP contribution in [0.4, 0.5) is 0 Å². The summed E-state index contributed by atoms with van der Waals surface area (Å²) < 4.78 is 6.45. The van der Waals surface area contributed by atoms with Gasteiger partial charge in [0.1, 0.15) is 11.2 Å². The lowest BCUT2D eigenvalue weighted by Crippen LogP contribution is -2.14. The molecule has 0 atom stereocenters. The quantitative estimate of drug-likeness (QED) is 0.175. The van der Waals surface area contributed by atoms with Crippen molar-refractivity contribution in [3.63, 3.8) is 0 Å². The van der Waals surface area contributed by atoms with Gasteiger partial charge in [-0.25, -0.2) is 9.97 Å². The number of fused-ring (bicyclic) bond motifs is 9. The van der Waals surface area contributed by atoms with Crippen molar-refractivity contribution in [1.29, 1.82) is 0 Å². The molecule has 0 aliphatic heterocycles. The molecule has 282 valence electrons. The lowest BCUT2D eigenvalue weighted by molar-refractivity contribution is 0.661. The SMILES string of the molecule is CC1(C)c2cc3ccccc3cc2-c2c(-c3ccccc3-c3cc(-c4cccc(-c5ccc6oc7c8ccccc8ccc7c6c5)c4)nc(-c4ccccc4)n3)cccc21. The van der Waals surface area contributed by atoms with Gasteiger partial charge in [-0.1, -0.05) is 166 Å². The minimum atomic E-state index is -0.142. The Bertz CT molecular complexity index is 3520. The standard InChI is InChI=1S/C57H38N2O/c1-57(2)49-25-13-24-45(54(49)48-32-38-17-6-7-18-39(38)33-50(48)57)43-22-10-11-23-44(43)52-34-51(58-56(59-52)36-15-4-3-5-16-36)41-20-12-19-37(30-41)40-27-29-53-47(31-40)46-28-26-35-14-8-9-21-42(35)55(46)60-53/h3-34H,1-2H3. The van der Waals surface area contributed by atoms with Crippen LogP contribution in [0.3, 0.4) is 0 Å². The molecule has 12 rings (SSSR count). The summed E-state index contributed by atoms with van der Waals surface area (Å²) >= 11 is 0. The molecule has 0 N–H and O–H groups in total. The number of furan rings is 1. The van der Waals surface area contributed by atoms with E-state index in [1.165, 1.54) is 44.0 Å². The Balaban J connectivity index is 1.01. The zero-order chi connectivity index (χ0) is 40.0. The summed E-state index contributed by atoms with van der Waals surface area (Å²) in [5.74, 6) is 0.693. The average Bonchev–Trinajstić information content (AvgIpc) is 3.79. The van der Waals surface area contributed by atoms with Crippen molar-refractivity contribution in [2.45, 2.75) is 19.3 Å². The highest BCUT2D eigenvalue weighted by Gasteiger charge is 2.37. The van der Waals surface area contributed by atoms with Gasteiger partial charge in [0, 0.05) is 38.3 Å². The molecule has 9 aromatic carbocycles. The number of hydrogen-bond donors (Lipinski definition) is 0. The van der Waals surface area contributed by atoms with E-state index < -0.39 is 0 Å². The molecule has 0 bridgehead atoms. The fourth-order valence-electron chi connectivity index (χ4n) is 9.63. The van der Waals surface area contributed by atoms with Crippen molar-refractivity contribution in [3.8, 4) is 67.3 Å². The van der Waals surface area contributed by atoms with Crippen molar-refractivity contribution in [1.82, 2.24) is 9.97 Å². The normalized spacial score (nSPS) is 13.0. The summed E-state index contributed by atoms with van der Waals surface area (Å²) in [5, 5.41) is 7.06. The lowest BCUT2D eigenvalue weighted by Gasteiger charge is -2.22. The van der Waals surface area contributed by atoms with Crippen molar-refractivity contribution >= 4 is 43.5 Å². The second kappa shape index (κ2) is 13.2. The highest BCUT2D eigenvalue weighted by atomic mass is 16.3. The molecular formula is C57H38N2O. The minimum absolute atomic E-state index is 0.142. The Hall–Kier alpha value is -7.62. The van der Waals surface area contributed by atoms with Gasteiger partial charge in [-0.05, 0) is 103 Å². The maximum absolute atomic E-state index is 6.45. The summed E-state index contributed by atoms with van der Waals surface area (Å²) in [6.07, 6.45) is 0. The zero-order valence-electron chi connectivity index (χ0n) is 33.3. The Morgan fingerprint density at radius 1 is 0.383 bits per heavy atom. The van der Waals surface area contributed by atoms with E-state index in [9.17, 15) is 0 Å². The van der Waals surface area contributed by atoms with E-state index in [4.69, 9.17) is 14.4 Å². The van der Waals surface area contributed by atoms with Gasteiger partial charge in [0.25, 0.3) is 0 Å². The molecule has 0 unspecified atom stereocenters. The third-order valence-electron chi connectivity index (χ3n) is 12.7. The molecule has 2 heterocycles. The Morgan fingerprint density at radius 2 is 1.05 bits per heavy atom. The summed E-state index contributed by atoms with van der Waals surface area (Å²) in [5.41, 5.74) is 16.4. The Kier molecular flexibility index (Phi) is 7.58. The van der Waals surface area contributed by atoms with Crippen LogP contribution in [0.25, 0.3) is 111 Å². The van der Waals surface area contributed by atoms with E-state index in [0.29, 0.717) is 5.82 Å². The third-order valence-corrected chi connectivity index (χ3v) is 12.7. The molecular weight excluding hydrogens is 729 g/mol. The third kappa shape index (κ3) is 5.36. The van der Waals surface area contributed by atoms with Gasteiger partial charge in [0.2, 0.25) is 0 Å². The maximum Gasteiger partial charge on any atom is 0.160 e. The van der Waals surface area contributed by atoms with E-state index in [1.807, 2.05) is 18.2 Å². The number of benzene rings is 9. The van der Waals surface area contributed by atoms with Crippen LogP contribution in [0, 0.1) is 0 Å². The monoisotopic (exact) mass is 766 g/mol. The fraction of sp³-hybridized carbons (Fsp3) is 0.0526. The number of aromatic nitrogens is 2. The molecule has 3 heteroatoms. The summed E-state index contributed by atoms with van der Waals surface area (Å²) in [7, 11) is 0. The molecule has 1 aliphatic rings. The van der Waals surface area contributed by atoms with Crippen LogP contribution < -0.4 is 0 Å². The van der Waals surface area contributed by atoms with Crippen molar-refractivity contribution in [2.24, 2.45) is 0 Å². The van der Waals surface area contributed by atoms with E-state index >= 15 is 0 Å². The molecule has 0 saturated heterocycles. The van der Waals surface area contributed by atoms with Crippen LogP contribution in [0.15, 0.2) is 199 Å². The smallest absolute Gasteiger partial charge is 0.160 e. The molecule has 0 spiro atoms. The molecule has 0 saturated carbocycles. The van der Waals surface area contributed by atoms with Gasteiger partial charge >= 0.3 is 0 Å². The molecule has 11 aromatic rings. The molecule has 60 heavy (non-hydrogen) atoms. The van der Waals surface area contributed by atoms with Crippen molar-refractivity contribution < 1.29 is 4.42 Å². The molecule has 0 fully saturated rings. The summed E-state index contributed by atoms with van der Waals surface area (Å²) in [6, 6.07) is 69.5. The zero-order valence-corrected chi connectivity index (χ0v) is 33.3. The molecule has 1 aliphatic carbocycles. The van der Waals surface area contributed by atoms with Crippen molar-refractivity contribution in [3.05, 3.63) is 205 Å². The second-order valence-electron chi connectivity index (χ2n) is 16.5. The van der Waals surface area contributed by atoms with E-state index in [1.54, 1.807) is 0 Å². The van der Waals surface area contributed by atoms with E-state index in [0.717, 1.165) is 72.1 Å². The number of nitrogens with zero attached hydrogens (tertiary/aromatic N) is 2. The van der Waals surface area contributed by atoms with Crippen LogP contribution in [0.1, 0.15) is 25.0 Å². The molecule has 3 nitrogen and oxygen atoms in total. The maximum atomic E-state index is 6.45. The lowest BCUT2D eigenvalue weighted by atomic mass is 9.81. The predicted octanol–water partition coefficient (Wildman–Crippen LogP) is 15.3. The number of hydrogen-bond acceptors (Lipinski definition) is 3. The van der Waals surface area contributed by atoms with Gasteiger partial charge in [0.15, 0.2) is 5.82 Å². The van der Waals surface area contributed by atoms with Crippen LogP contribution in [-0.4, -0.2) is 9.97 Å². The van der Waals surface area contributed by atoms with Crippen molar-refractivity contribution in [2.75, 3.05) is 0 Å². The van der Waals surface area contributed by atoms with E-state index in [-0.39, 0.29) is 5.41 Å². The number of rotatable bonds is 5. The summed E-state index contributed by atoms with van der Waals surface area (Å²) in [6.45, 7) is 4.71. The van der Waals surface area contributed by atoms with Gasteiger partial charge in [0.05, 0.1) is 11.4 Å². The van der Waals surface area contributed by atoms with E-state index in [2.05, 4.69) is 190 Å². The Labute approximate surface area is 348 Å². The molecule has 0 radical (unpaired) electrons. The first-order valence-corrected chi connectivity index (χ1v) is 20.6. The first-order chi connectivity index (χ1) is 29.5. The molecule has 2 aromatic heterocycles.